The van der Waals surface area contributed by atoms with Crippen molar-refractivity contribution in [1.29, 1.82) is 0 Å². The Labute approximate surface area is 136 Å². The lowest BCUT2D eigenvalue weighted by atomic mass is 10.2. The van der Waals surface area contributed by atoms with Crippen molar-refractivity contribution in [3.8, 4) is 5.75 Å². The van der Waals surface area contributed by atoms with Crippen LogP contribution in [0, 0.1) is 5.82 Å². The number of hydrogen-bond acceptors (Lipinski definition) is 2. The summed E-state index contributed by atoms with van der Waals surface area (Å²) in [6, 6.07) is 10.1. The number of benzene rings is 2. The van der Waals surface area contributed by atoms with Gasteiger partial charge in [0.1, 0.15) is 11.6 Å². The first-order valence-electron chi connectivity index (χ1n) is 7.04. The van der Waals surface area contributed by atoms with Gasteiger partial charge >= 0.3 is 6.18 Å². The van der Waals surface area contributed by atoms with Crippen molar-refractivity contribution in [2.24, 2.45) is 0 Å². The Hall–Kier alpha value is -2.57. The molecule has 0 fully saturated rings. The standard InChI is InChI=1S/C17H15F4NO2/c1-22(10-12-4-2-6-14(18)8-12)16(23)11-24-15-7-3-5-13(9-15)17(19,20)21/h2-9H,10-11H2,1H3. The minimum absolute atomic E-state index is 0.0441. The fourth-order valence-corrected chi connectivity index (χ4v) is 2.01. The van der Waals surface area contributed by atoms with Crippen molar-refractivity contribution < 1.29 is 27.1 Å². The van der Waals surface area contributed by atoms with Crippen LogP contribution in [0.4, 0.5) is 17.6 Å². The molecule has 2 aromatic carbocycles. The number of nitrogens with zero attached hydrogens (tertiary/aromatic N) is 1. The molecule has 0 spiro atoms. The number of rotatable bonds is 5. The zero-order valence-electron chi connectivity index (χ0n) is 12.8. The molecule has 1 amide bonds. The van der Waals surface area contributed by atoms with Crippen LogP contribution in [0.25, 0.3) is 0 Å². The predicted octanol–water partition coefficient (Wildman–Crippen LogP) is 3.88. The molecule has 0 bridgehead atoms. The molecule has 0 atom stereocenters. The number of alkyl halides is 3. The SMILES string of the molecule is CN(Cc1cccc(F)c1)C(=O)COc1cccc(C(F)(F)F)c1. The number of carbonyl (C=O) groups is 1. The van der Waals surface area contributed by atoms with Crippen LogP contribution in [-0.4, -0.2) is 24.5 Å². The van der Waals surface area contributed by atoms with Crippen LogP contribution in [0.3, 0.4) is 0 Å². The van der Waals surface area contributed by atoms with E-state index in [1.54, 1.807) is 6.07 Å². The van der Waals surface area contributed by atoms with E-state index in [2.05, 4.69) is 0 Å². The van der Waals surface area contributed by atoms with Crippen molar-refractivity contribution in [3.05, 3.63) is 65.5 Å². The van der Waals surface area contributed by atoms with Crippen molar-refractivity contribution in [2.45, 2.75) is 12.7 Å². The molecule has 0 saturated heterocycles. The van der Waals surface area contributed by atoms with Crippen LogP contribution in [0.15, 0.2) is 48.5 Å². The topological polar surface area (TPSA) is 29.5 Å². The first kappa shape index (κ1) is 17.8. The molecule has 0 aliphatic heterocycles. The highest BCUT2D eigenvalue weighted by Crippen LogP contribution is 2.31. The van der Waals surface area contributed by atoms with Gasteiger partial charge in [0.25, 0.3) is 5.91 Å². The molecule has 7 heteroatoms. The number of ether oxygens (including phenoxy) is 1. The third-order valence-electron chi connectivity index (χ3n) is 3.26. The summed E-state index contributed by atoms with van der Waals surface area (Å²) < 4.78 is 56.0. The molecule has 3 nitrogen and oxygen atoms in total. The van der Waals surface area contributed by atoms with Gasteiger partial charge in [0.2, 0.25) is 0 Å². The molecule has 128 valence electrons. The van der Waals surface area contributed by atoms with Crippen LogP contribution in [0.2, 0.25) is 0 Å². The van der Waals surface area contributed by atoms with Gasteiger partial charge in [-0.15, -0.1) is 0 Å². The van der Waals surface area contributed by atoms with Crippen LogP contribution >= 0.6 is 0 Å². The number of halogens is 4. The van der Waals surface area contributed by atoms with Crippen LogP contribution < -0.4 is 4.74 Å². The van der Waals surface area contributed by atoms with E-state index >= 15 is 0 Å². The van der Waals surface area contributed by atoms with Crippen molar-refractivity contribution in [3.63, 3.8) is 0 Å². The summed E-state index contributed by atoms with van der Waals surface area (Å²) in [6.07, 6.45) is -4.47. The molecule has 0 aliphatic rings. The fraction of sp³-hybridized carbons (Fsp3) is 0.235. The van der Waals surface area contributed by atoms with E-state index in [9.17, 15) is 22.4 Å². The Balaban J connectivity index is 1.93. The van der Waals surface area contributed by atoms with Gasteiger partial charge in [-0.25, -0.2) is 4.39 Å². The molecule has 0 aliphatic carbocycles. The monoisotopic (exact) mass is 341 g/mol. The maximum Gasteiger partial charge on any atom is 0.416 e. The van der Waals surface area contributed by atoms with Crippen LogP contribution in [0.5, 0.6) is 5.75 Å². The third-order valence-corrected chi connectivity index (χ3v) is 3.26. The number of likely N-dealkylation sites (N-methyl/N-ethyl adjacent to an activating group) is 1. The van der Waals surface area contributed by atoms with E-state index in [-0.39, 0.29) is 12.3 Å². The van der Waals surface area contributed by atoms with Gasteiger partial charge in [-0.3, -0.25) is 4.79 Å². The lowest BCUT2D eigenvalue weighted by molar-refractivity contribution is -0.137. The normalized spacial score (nSPS) is 11.2. The quantitative estimate of drug-likeness (QED) is 0.773. The molecule has 0 heterocycles. The summed E-state index contributed by atoms with van der Waals surface area (Å²) in [6.45, 7) is -0.240. The first-order valence-corrected chi connectivity index (χ1v) is 7.04. The van der Waals surface area contributed by atoms with Crippen LogP contribution in [-0.2, 0) is 17.5 Å². The van der Waals surface area contributed by atoms with Gasteiger partial charge in [0.15, 0.2) is 6.61 Å². The molecule has 24 heavy (non-hydrogen) atoms. The lowest BCUT2D eigenvalue weighted by Gasteiger charge is -2.18. The lowest BCUT2D eigenvalue weighted by Crippen LogP contribution is -2.31. The second-order valence-electron chi connectivity index (χ2n) is 5.19. The maximum absolute atomic E-state index is 13.1. The summed E-state index contributed by atoms with van der Waals surface area (Å²) in [5.41, 5.74) is -0.245. The summed E-state index contributed by atoms with van der Waals surface area (Å²) in [5.74, 6) is -0.887. The van der Waals surface area contributed by atoms with Gasteiger partial charge in [0, 0.05) is 13.6 Å². The van der Waals surface area contributed by atoms with Gasteiger partial charge in [-0.1, -0.05) is 18.2 Å². The summed E-state index contributed by atoms with van der Waals surface area (Å²) in [7, 11) is 1.50. The number of amides is 1. The van der Waals surface area contributed by atoms with Crippen molar-refractivity contribution in [2.75, 3.05) is 13.7 Å². The van der Waals surface area contributed by atoms with E-state index in [0.29, 0.717) is 5.56 Å². The van der Waals surface area contributed by atoms with E-state index in [0.717, 1.165) is 12.1 Å². The minimum Gasteiger partial charge on any atom is -0.484 e. The average molecular weight is 341 g/mol. The van der Waals surface area contributed by atoms with Crippen molar-refractivity contribution in [1.82, 2.24) is 4.90 Å². The summed E-state index contributed by atoms with van der Waals surface area (Å²) in [5, 5.41) is 0. The van der Waals surface area contributed by atoms with Crippen LogP contribution in [0.1, 0.15) is 11.1 Å². The second-order valence-corrected chi connectivity index (χ2v) is 5.19. The smallest absolute Gasteiger partial charge is 0.416 e. The zero-order valence-corrected chi connectivity index (χ0v) is 12.8. The average Bonchev–Trinajstić information content (AvgIpc) is 2.52. The highest BCUT2D eigenvalue weighted by molar-refractivity contribution is 5.77. The zero-order chi connectivity index (χ0) is 17.7. The first-order chi connectivity index (χ1) is 11.3. The molecule has 0 aromatic heterocycles. The van der Waals surface area contributed by atoms with Gasteiger partial charge < -0.3 is 9.64 Å². The molecular weight excluding hydrogens is 326 g/mol. The molecule has 0 saturated carbocycles. The van der Waals surface area contributed by atoms with E-state index in [1.807, 2.05) is 0 Å². The molecular formula is C17H15F4NO2. The third kappa shape index (κ3) is 4.97. The van der Waals surface area contributed by atoms with E-state index in [1.165, 1.54) is 42.3 Å². The Kier molecular flexibility index (Phi) is 5.43. The fourth-order valence-electron chi connectivity index (χ4n) is 2.01. The van der Waals surface area contributed by atoms with Gasteiger partial charge in [0.05, 0.1) is 5.56 Å². The van der Waals surface area contributed by atoms with E-state index < -0.39 is 30.1 Å². The highest BCUT2D eigenvalue weighted by atomic mass is 19.4. The Bertz CT molecular complexity index is 716. The Morgan fingerprint density at radius 3 is 2.50 bits per heavy atom. The molecule has 2 rings (SSSR count). The van der Waals surface area contributed by atoms with Crippen molar-refractivity contribution >= 4 is 5.91 Å². The number of carbonyl (C=O) groups excluding carboxylic acids is 1. The Morgan fingerprint density at radius 1 is 1.12 bits per heavy atom. The number of hydrogen-bond donors (Lipinski definition) is 0. The largest absolute Gasteiger partial charge is 0.484 e. The second kappa shape index (κ2) is 7.33. The summed E-state index contributed by atoms with van der Waals surface area (Å²) in [4.78, 5) is 13.3. The van der Waals surface area contributed by atoms with Gasteiger partial charge in [-0.2, -0.15) is 13.2 Å². The summed E-state index contributed by atoms with van der Waals surface area (Å²) >= 11 is 0. The molecule has 2 aromatic rings. The molecule has 0 unspecified atom stereocenters. The Morgan fingerprint density at radius 2 is 1.83 bits per heavy atom. The molecule has 0 radical (unpaired) electrons. The predicted molar refractivity (Wildman–Crippen MR) is 79.8 cm³/mol. The maximum atomic E-state index is 13.1. The van der Waals surface area contributed by atoms with E-state index in [4.69, 9.17) is 4.74 Å². The van der Waals surface area contributed by atoms with Gasteiger partial charge in [-0.05, 0) is 35.9 Å². The highest BCUT2D eigenvalue weighted by Gasteiger charge is 2.30. The molecule has 0 N–H and O–H groups in total. The minimum atomic E-state index is -4.47.